The molecule has 1 saturated heterocycles. The molecule has 1 aromatic rings. The van der Waals surface area contributed by atoms with Gasteiger partial charge in [-0.2, -0.15) is 0 Å². The van der Waals surface area contributed by atoms with E-state index in [0.717, 1.165) is 25.0 Å². The number of aryl methyl sites for hydroxylation is 1. The van der Waals surface area contributed by atoms with Gasteiger partial charge in [-0.25, -0.2) is 0 Å². The maximum absolute atomic E-state index is 12.6. The van der Waals surface area contributed by atoms with Crippen LogP contribution in [0, 0.1) is 5.92 Å². The van der Waals surface area contributed by atoms with Gasteiger partial charge in [-0.15, -0.1) is 0 Å². The van der Waals surface area contributed by atoms with Gasteiger partial charge in [0, 0.05) is 0 Å². The molecule has 0 amide bonds. The van der Waals surface area contributed by atoms with Crippen LogP contribution in [0.15, 0.2) is 20.1 Å². The van der Waals surface area contributed by atoms with E-state index in [-0.39, 0.29) is 17.1 Å². The Morgan fingerprint density at radius 1 is 1.12 bits per heavy atom. The van der Waals surface area contributed by atoms with E-state index in [1.54, 1.807) is 0 Å². The summed E-state index contributed by atoms with van der Waals surface area (Å²) in [4.78, 5) is 12.6. The van der Waals surface area contributed by atoms with Gasteiger partial charge in [0.2, 0.25) is 0 Å². The zero-order valence-electron chi connectivity index (χ0n) is 29.0. The first-order valence-electron chi connectivity index (χ1n) is 17.1. The van der Waals surface area contributed by atoms with Gasteiger partial charge in [0.05, 0.1) is 0 Å². The van der Waals surface area contributed by atoms with E-state index < -0.39 is 38.7 Å². The minimum absolute atomic E-state index is 0.125. The number of rotatable bonds is 20. The molecule has 43 heavy (non-hydrogen) atoms. The Labute approximate surface area is 282 Å². The van der Waals surface area contributed by atoms with Gasteiger partial charge in [-0.3, -0.25) is 0 Å². The van der Waals surface area contributed by atoms with Gasteiger partial charge in [0.25, 0.3) is 0 Å². The summed E-state index contributed by atoms with van der Waals surface area (Å²) >= 11 is -0.530. The van der Waals surface area contributed by atoms with Crippen molar-refractivity contribution >= 4 is 59.0 Å². The Bertz CT molecular complexity index is 993. The molecule has 1 aliphatic heterocycles. The summed E-state index contributed by atoms with van der Waals surface area (Å²) in [5.41, 5.74) is 2.43. The average molecular weight is 838 g/mol. The molecular formula is C35H63IO5SiSn. The van der Waals surface area contributed by atoms with Crippen LogP contribution in [0.2, 0.25) is 31.4 Å². The summed E-state index contributed by atoms with van der Waals surface area (Å²) in [5, 5.41) is 11.2. The number of cyclic esters (lactones) is 1. The number of hydrogen-bond donors (Lipinski definition) is 1. The average Bonchev–Trinajstić information content (AvgIpc) is 3.54. The van der Waals surface area contributed by atoms with Crippen molar-refractivity contribution in [3.05, 3.63) is 27.0 Å². The normalized spacial score (nSPS) is 19.2. The van der Waals surface area contributed by atoms with Crippen LogP contribution in [-0.2, 0) is 27.0 Å². The number of hydrogen-bond acceptors (Lipinski definition) is 5. The van der Waals surface area contributed by atoms with Crippen LogP contribution in [0.1, 0.15) is 124 Å². The molecule has 1 N–H and O–H groups in total. The van der Waals surface area contributed by atoms with Crippen molar-refractivity contribution in [1.82, 2.24) is 0 Å². The second-order valence-corrected chi connectivity index (χ2v) is 33.1. The van der Waals surface area contributed by atoms with Gasteiger partial charge in [0.1, 0.15) is 0 Å². The summed E-state index contributed by atoms with van der Waals surface area (Å²) in [6.07, 6.45) is 10.3. The molecule has 0 aromatic carbocycles. The molecule has 8 heteroatoms. The number of esters is 1. The molecule has 3 atom stereocenters. The van der Waals surface area contributed by atoms with Crippen LogP contribution in [0.5, 0.6) is 0 Å². The molecule has 0 saturated carbocycles. The number of aliphatic hydroxyl groups is 1. The maximum atomic E-state index is 12.6. The third-order valence-electron chi connectivity index (χ3n) is 10.0. The number of unbranched alkanes of at least 4 members (excludes halogenated alkanes) is 3. The molecule has 1 fully saturated rings. The topological polar surface area (TPSA) is 68.9 Å². The number of carbonyl (C=O) groups excluding carboxylic acids is 1. The van der Waals surface area contributed by atoms with Crippen molar-refractivity contribution in [2.24, 2.45) is 5.92 Å². The van der Waals surface area contributed by atoms with E-state index in [2.05, 4.69) is 90.2 Å². The Hall–Kier alpha value is 0.156. The molecule has 248 valence electrons. The van der Waals surface area contributed by atoms with Crippen LogP contribution in [0.25, 0.3) is 0 Å². The number of ether oxygens (including phenoxy) is 1. The summed E-state index contributed by atoms with van der Waals surface area (Å²) < 4.78 is 26.8. The fourth-order valence-corrected chi connectivity index (χ4v) is 22.6. The van der Waals surface area contributed by atoms with Crippen molar-refractivity contribution < 1.29 is 23.5 Å². The van der Waals surface area contributed by atoms with Crippen molar-refractivity contribution in [3.8, 4) is 0 Å². The van der Waals surface area contributed by atoms with Gasteiger partial charge in [-0.05, 0) is 11.0 Å². The third-order valence-corrected chi connectivity index (χ3v) is 30.5. The molecule has 0 radical (unpaired) electrons. The van der Waals surface area contributed by atoms with Crippen LogP contribution < -0.4 is 3.78 Å². The summed E-state index contributed by atoms with van der Waals surface area (Å²) in [6.45, 7) is 21.1. The monoisotopic (exact) mass is 838 g/mol. The summed E-state index contributed by atoms with van der Waals surface area (Å²) in [7, 11) is -1.93. The molecule has 5 nitrogen and oxygen atoms in total. The molecule has 2 rings (SSSR count). The molecule has 1 aromatic heterocycles. The van der Waals surface area contributed by atoms with Gasteiger partial charge in [0.15, 0.2) is 0 Å². The predicted molar refractivity (Wildman–Crippen MR) is 195 cm³/mol. The first-order valence-corrected chi connectivity index (χ1v) is 28.8. The Kier molecular flexibility index (Phi) is 16.9. The molecule has 3 unspecified atom stereocenters. The first-order chi connectivity index (χ1) is 20.2. The fourth-order valence-electron chi connectivity index (χ4n) is 6.02. The predicted octanol–water partition coefficient (Wildman–Crippen LogP) is 10.2. The molecule has 2 heterocycles. The van der Waals surface area contributed by atoms with Crippen molar-refractivity contribution in [3.63, 3.8) is 0 Å². The van der Waals surface area contributed by atoms with E-state index in [1.807, 2.05) is 4.08 Å². The number of aliphatic hydroxyl groups excluding tert-OH is 1. The van der Waals surface area contributed by atoms with E-state index in [0.29, 0.717) is 19.4 Å². The second kappa shape index (κ2) is 18.5. The van der Waals surface area contributed by atoms with Gasteiger partial charge < -0.3 is 0 Å². The van der Waals surface area contributed by atoms with E-state index in [9.17, 15) is 9.90 Å². The van der Waals surface area contributed by atoms with Crippen molar-refractivity contribution in [2.75, 3.05) is 0 Å². The molecule has 1 aliphatic rings. The standard InChI is InChI=1S/C23H36IO5Si.3C4H9.Sn/c1-16(14-24)12-18-13-19(22(26)29-18)20(25)8-7-9-21-17(10-11-27-21)15-28-30(5,6)23(2,3)4;3*1-3-4-2;/h10,14,18-20,25H,7-9,12-13,15H2,1-6H3;3*1,3-4H2,2H3;/b16-14+;;;;. The van der Waals surface area contributed by atoms with E-state index in [1.165, 1.54) is 66.7 Å². The van der Waals surface area contributed by atoms with Gasteiger partial charge >= 0.3 is 251 Å². The Morgan fingerprint density at radius 2 is 1.70 bits per heavy atom. The fraction of sp³-hybridized carbons (Fsp3) is 0.800. The molecular weight excluding hydrogens is 774 g/mol. The third kappa shape index (κ3) is 11.7. The van der Waals surface area contributed by atoms with Crippen LogP contribution in [0.4, 0.5) is 0 Å². The number of carbonyl (C=O) groups is 1. The molecule has 0 aliphatic carbocycles. The quantitative estimate of drug-likeness (QED) is 0.0805. The summed E-state index contributed by atoms with van der Waals surface area (Å²) in [6, 6.07) is 2.43. The minimum atomic E-state index is -2.76. The first kappa shape index (κ1) is 39.3. The van der Waals surface area contributed by atoms with Crippen LogP contribution in [-0.4, -0.2) is 50.0 Å². The van der Waals surface area contributed by atoms with Crippen molar-refractivity contribution in [2.45, 2.75) is 169 Å². The SMILES string of the molecule is CCC[CH2][Sn]([CH2]CCC)([CH2]CCC)[c]1cc(CO[Si](C)(C)C(C)(C)C)c(CCCC(O)C2CC(C/C(C)=C/I)OC2=O)o1. The Balaban J connectivity index is 2.29. The zero-order chi connectivity index (χ0) is 32.3. The number of furan rings is 1. The second-order valence-electron chi connectivity index (χ2n) is 14.7. The number of halogens is 1. The molecule has 0 bridgehead atoms. The Morgan fingerprint density at radius 3 is 2.21 bits per heavy atom. The zero-order valence-corrected chi connectivity index (χ0v) is 35.0. The van der Waals surface area contributed by atoms with Gasteiger partial charge in [-0.1, -0.05) is 22.6 Å². The summed E-state index contributed by atoms with van der Waals surface area (Å²) in [5.74, 6) is 0.381. The van der Waals surface area contributed by atoms with Crippen LogP contribution in [0.3, 0.4) is 0 Å². The molecule has 0 spiro atoms. The van der Waals surface area contributed by atoms with Crippen molar-refractivity contribution in [1.29, 1.82) is 0 Å². The van der Waals surface area contributed by atoms with E-state index >= 15 is 0 Å². The van der Waals surface area contributed by atoms with Crippen LogP contribution >= 0.6 is 22.6 Å². The van der Waals surface area contributed by atoms with E-state index in [4.69, 9.17) is 13.6 Å².